The predicted molar refractivity (Wildman–Crippen MR) is 120 cm³/mol. The summed E-state index contributed by atoms with van der Waals surface area (Å²) in [4.78, 5) is 24.2. The Morgan fingerprint density at radius 2 is 2.09 bits per heavy atom. The van der Waals surface area contributed by atoms with E-state index in [1.807, 2.05) is 18.7 Å². The lowest BCUT2D eigenvalue weighted by atomic mass is 9.77. The van der Waals surface area contributed by atoms with Gasteiger partial charge in [0.15, 0.2) is 0 Å². The Labute approximate surface area is 196 Å². The van der Waals surface area contributed by atoms with Crippen LogP contribution in [0.15, 0.2) is 18.2 Å². The van der Waals surface area contributed by atoms with Crippen molar-refractivity contribution in [2.24, 2.45) is 5.73 Å². The summed E-state index contributed by atoms with van der Waals surface area (Å²) >= 11 is 0. The molecule has 0 radical (unpaired) electrons. The van der Waals surface area contributed by atoms with Crippen LogP contribution in [-0.4, -0.2) is 59.3 Å². The largest absolute Gasteiger partial charge is 0.365 e. The monoisotopic (exact) mass is 481 g/mol. The van der Waals surface area contributed by atoms with Gasteiger partial charge in [-0.25, -0.2) is 4.39 Å². The zero-order valence-corrected chi connectivity index (χ0v) is 19.3. The van der Waals surface area contributed by atoms with Crippen molar-refractivity contribution in [3.8, 4) is 11.3 Å². The lowest BCUT2D eigenvalue weighted by molar-refractivity contribution is -0.153. The summed E-state index contributed by atoms with van der Waals surface area (Å²) in [6.45, 7) is 1.26. The van der Waals surface area contributed by atoms with Gasteiger partial charge in [-0.3, -0.25) is 19.2 Å². The summed E-state index contributed by atoms with van der Waals surface area (Å²) < 4.78 is 42.9. The molecule has 2 amide bonds. The molecular weight excluding hydrogens is 451 g/mol. The number of nitrogens with zero attached hydrogens (tertiary/aromatic N) is 3. The molecule has 1 fully saturated rings. The molecule has 8 nitrogen and oxygen atoms in total. The van der Waals surface area contributed by atoms with Crippen LogP contribution in [0.3, 0.4) is 0 Å². The number of fused-ring (bicyclic) bond motifs is 1. The van der Waals surface area contributed by atoms with Crippen molar-refractivity contribution in [2.75, 3.05) is 20.2 Å². The van der Waals surface area contributed by atoms with Gasteiger partial charge in [0.25, 0.3) is 5.91 Å². The molecule has 1 aliphatic carbocycles. The van der Waals surface area contributed by atoms with Gasteiger partial charge in [-0.1, -0.05) is 6.92 Å². The van der Waals surface area contributed by atoms with E-state index in [1.165, 1.54) is 6.07 Å². The molecule has 34 heavy (non-hydrogen) atoms. The highest BCUT2D eigenvalue weighted by Crippen LogP contribution is 2.32. The zero-order chi connectivity index (χ0) is 24.9. The Bertz CT molecular complexity index is 1020. The molecule has 186 valence electrons. The molecule has 2 aromatic rings. The van der Waals surface area contributed by atoms with E-state index in [0.717, 1.165) is 37.1 Å². The number of primary amides is 1. The second kappa shape index (κ2) is 11.0. The number of carbonyl (C=O) groups excluding carboxylic acids is 2. The first-order chi connectivity index (χ1) is 16.2. The van der Waals surface area contributed by atoms with E-state index < -0.39 is 18.1 Å². The number of likely N-dealkylation sites (N-methyl/N-ethyl adjacent to an activating group) is 1. The van der Waals surface area contributed by atoms with Crippen LogP contribution in [0.1, 0.15) is 47.8 Å². The van der Waals surface area contributed by atoms with Crippen molar-refractivity contribution in [3.63, 3.8) is 0 Å². The molecule has 11 heteroatoms. The Hall–Kier alpha value is -2.92. The topological polar surface area (TPSA) is 102 Å². The van der Waals surface area contributed by atoms with E-state index >= 15 is 0 Å². The number of aryl methyl sites for hydroxylation is 1. The Kier molecular flexibility index (Phi) is 8.32. The number of amides is 2. The number of carbonyl (C=O) groups is 2. The first-order valence-electron chi connectivity index (χ1n) is 11.2. The van der Waals surface area contributed by atoms with Gasteiger partial charge >= 0.3 is 6.61 Å². The number of hydrogen-bond acceptors (Lipinski definition) is 5. The average molecular weight is 482 g/mol. The molecule has 1 aromatic carbocycles. The molecule has 0 bridgehead atoms. The van der Waals surface area contributed by atoms with Crippen LogP contribution >= 0.6 is 0 Å². The van der Waals surface area contributed by atoms with Crippen molar-refractivity contribution in [1.82, 2.24) is 20.0 Å². The molecule has 2 heterocycles. The number of halogens is 3. The Morgan fingerprint density at radius 3 is 2.65 bits per heavy atom. The van der Waals surface area contributed by atoms with Crippen molar-refractivity contribution < 1.29 is 27.5 Å². The van der Waals surface area contributed by atoms with E-state index in [9.17, 15) is 22.8 Å². The van der Waals surface area contributed by atoms with Gasteiger partial charge < -0.3 is 15.8 Å². The molecule has 2 aliphatic rings. The van der Waals surface area contributed by atoms with Gasteiger partial charge in [0.05, 0.1) is 29.9 Å². The van der Waals surface area contributed by atoms with Crippen LogP contribution in [0.2, 0.25) is 0 Å². The minimum atomic E-state index is -2.75. The summed E-state index contributed by atoms with van der Waals surface area (Å²) in [6.07, 6.45) is 3.51. The SMILES string of the molecule is CCc1cc(-c2nn3c(c2C(N)=O)CN(C)CC3)ccc1F.O=CNC1(COC(F)F)CCC1. The summed E-state index contributed by atoms with van der Waals surface area (Å²) in [5.74, 6) is -0.732. The van der Waals surface area contributed by atoms with Crippen LogP contribution < -0.4 is 11.1 Å². The number of ether oxygens (including phenoxy) is 1. The number of aromatic nitrogens is 2. The fourth-order valence-electron chi connectivity index (χ4n) is 4.18. The summed E-state index contributed by atoms with van der Waals surface area (Å²) in [5.41, 5.74) is 8.23. The second-order valence-corrected chi connectivity index (χ2v) is 8.62. The van der Waals surface area contributed by atoms with E-state index in [2.05, 4.69) is 20.1 Å². The lowest BCUT2D eigenvalue weighted by Crippen LogP contribution is -2.54. The highest BCUT2D eigenvalue weighted by Gasteiger charge is 2.37. The van der Waals surface area contributed by atoms with E-state index in [-0.39, 0.29) is 12.4 Å². The third kappa shape index (κ3) is 5.76. The maximum atomic E-state index is 13.7. The van der Waals surface area contributed by atoms with Gasteiger partial charge in [0, 0.05) is 18.7 Å². The Morgan fingerprint density at radius 1 is 1.35 bits per heavy atom. The maximum absolute atomic E-state index is 13.7. The van der Waals surface area contributed by atoms with Crippen molar-refractivity contribution in [1.29, 1.82) is 0 Å². The smallest absolute Gasteiger partial charge is 0.345 e. The van der Waals surface area contributed by atoms with Crippen LogP contribution in [0, 0.1) is 5.82 Å². The molecule has 1 saturated carbocycles. The standard InChI is InChI=1S/C16H19FN4O.C7H11F2NO2/c1-3-10-8-11(4-5-12(10)17)15-14(16(18)22)13-9-20(2)6-7-21(13)19-15;8-6(9)12-4-7(10-5-11)2-1-3-7/h4-5,8H,3,6-7,9H2,1-2H3,(H2,18,22);5-6H,1-4H2,(H,10,11). The third-order valence-corrected chi connectivity index (χ3v) is 6.28. The van der Waals surface area contributed by atoms with Crippen LogP contribution in [-0.2, 0) is 29.0 Å². The number of rotatable bonds is 8. The number of alkyl halides is 2. The maximum Gasteiger partial charge on any atom is 0.345 e. The predicted octanol–water partition coefficient (Wildman–Crippen LogP) is 2.69. The number of benzene rings is 1. The normalized spacial score (nSPS) is 16.8. The molecule has 0 unspecified atom stereocenters. The van der Waals surface area contributed by atoms with Crippen LogP contribution in [0.5, 0.6) is 0 Å². The van der Waals surface area contributed by atoms with Crippen LogP contribution in [0.25, 0.3) is 11.3 Å². The van der Waals surface area contributed by atoms with E-state index in [4.69, 9.17) is 5.73 Å². The quantitative estimate of drug-likeness (QED) is 0.565. The lowest BCUT2D eigenvalue weighted by Gasteiger charge is -2.40. The average Bonchev–Trinajstić information content (AvgIpc) is 3.15. The van der Waals surface area contributed by atoms with Crippen LogP contribution in [0.4, 0.5) is 13.2 Å². The third-order valence-electron chi connectivity index (χ3n) is 6.28. The molecule has 0 spiro atoms. The first kappa shape index (κ1) is 25.7. The first-order valence-corrected chi connectivity index (χ1v) is 11.2. The summed E-state index contributed by atoms with van der Waals surface area (Å²) in [7, 11) is 1.99. The van der Waals surface area contributed by atoms with Gasteiger partial charge in [0.2, 0.25) is 6.41 Å². The van der Waals surface area contributed by atoms with Gasteiger partial charge in [0.1, 0.15) is 11.5 Å². The van der Waals surface area contributed by atoms with Crippen molar-refractivity contribution in [2.45, 2.75) is 57.8 Å². The molecular formula is C23H30F3N5O3. The zero-order valence-electron chi connectivity index (χ0n) is 19.3. The second-order valence-electron chi connectivity index (χ2n) is 8.62. The highest BCUT2D eigenvalue weighted by molar-refractivity contribution is 6.00. The molecule has 1 aliphatic heterocycles. The number of nitrogens with two attached hydrogens (primary N) is 1. The molecule has 0 saturated heterocycles. The summed E-state index contributed by atoms with van der Waals surface area (Å²) in [6, 6.07) is 4.82. The number of hydrogen-bond donors (Lipinski definition) is 2. The van der Waals surface area contributed by atoms with Gasteiger partial charge in [-0.2, -0.15) is 13.9 Å². The molecule has 0 atom stereocenters. The van der Waals surface area contributed by atoms with Crippen molar-refractivity contribution >= 4 is 12.3 Å². The number of nitrogens with one attached hydrogen (secondary N) is 1. The van der Waals surface area contributed by atoms with Gasteiger partial charge in [-0.15, -0.1) is 0 Å². The molecule has 1 aromatic heterocycles. The van der Waals surface area contributed by atoms with E-state index in [0.29, 0.717) is 42.7 Å². The molecule has 3 N–H and O–H groups in total. The minimum absolute atomic E-state index is 0.0938. The van der Waals surface area contributed by atoms with Gasteiger partial charge in [-0.05, 0) is 56.5 Å². The summed E-state index contributed by atoms with van der Waals surface area (Å²) in [5, 5.41) is 7.06. The highest BCUT2D eigenvalue weighted by atomic mass is 19.3. The minimum Gasteiger partial charge on any atom is -0.365 e. The molecule has 4 rings (SSSR count). The Balaban J connectivity index is 0.000000229. The fourth-order valence-corrected chi connectivity index (χ4v) is 4.18. The van der Waals surface area contributed by atoms with E-state index in [1.54, 1.807) is 12.1 Å². The fraction of sp³-hybridized carbons (Fsp3) is 0.522. The van der Waals surface area contributed by atoms with Crippen molar-refractivity contribution in [3.05, 3.63) is 40.8 Å².